The second kappa shape index (κ2) is 5.32. The van der Waals surface area contributed by atoms with Crippen LogP contribution in [0, 0.1) is 0 Å². The summed E-state index contributed by atoms with van der Waals surface area (Å²) in [6.07, 6.45) is 0.797. The van der Waals surface area contributed by atoms with Crippen molar-refractivity contribution >= 4 is 5.91 Å². The Labute approximate surface area is 118 Å². The molecule has 2 heterocycles. The lowest BCUT2D eigenvalue weighted by atomic mass is 10.1. The SMILES string of the molecule is CC1Oc2ccccc2OC1C(=O)N1CCC[C@@H]1CO. The van der Waals surface area contributed by atoms with Crippen LogP contribution >= 0.6 is 0 Å². The molecule has 3 atom stereocenters. The van der Waals surface area contributed by atoms with E-state index in [2.05, 4.69) is 0 Å². The van der Waals surface area contributed by atoms with Gasteiger partial charge in [0.15, 0.2) is 11.5 Å². The molecule has 0 saturated carbocycles. The molecule has 1 aromatic rings. The number of amides is 1. The number of ether oxygens (including phenoxy) is 2. The fourth-order valence-electron chi connectivity index (χ4n) is 2.87. The van der Waals surface area contributed by atoms with Crippen molar-refractivity contribution in [3.63, 3.8) is 0 Å². The van der Waals surface area contributed by atoms with Crippen molar-refractivity contribution in [2.24, 2.45) is 0 Å². The van der Waals surface area contributed by atoms with E-state index in [1.165, 1.54) is 0 Å². The Hall–Kier alpha value is -1.75. The van der Waals surface area contributed by atoms with E-state index in [0.717, 1.165) is 12.8 Å². The zero-order valence-corrected chi connectivity index (χ0v) is 11.5. The number of hydrogen-bond donors (Lipinski definition) is 1. The molecule has 1 saturated heterocycles. The molecule has 0 radical (unpaired) electrons. The standard InChI is InChI=1S/C15H19NO4/c1-10-14(15(18)16-8-4-5-11(16)9-17)20-13-7-3-2-6-12(13)19-10/h2-3,6-7,10-11,14,17H,4-5,8-9H2,1H3/t10?,11-,14?/m1/s1. The second-order valence-corrected chi connectivity index (χ2v) is 5.32. The summed E-state index contributed by atoms with van der Waals surface area (Å²) in [5.41, 5.74) is 0. The molecule has 5 nitrogen and oxygen atoms in total. The van der Waals surface area contributed by atoms with Crippen LogP contribution in [0.5, 0.6) is 11.5 Å². The van der Waals surface area contributed by atoms with Gasteiger partial charge < -0.3 is 19.5 Å². The van der Waals surface area contributed by atoms with Gasteiger partial charge in [-0.1, -0.05) is 12.1 Å². The smallest absolute Gasteiger partial charge is 0.267 e. The zero-order chi connectivity index (χ0) is 14.1. The first-order valence-corrected chi connectivity index (χ1v) is 7.04. The third-order valence-electron chi connectivity index (χ3n) is 3.96. The van der Waals surface area contributed by atoms with Crippen LogP contribution in [0.2, 0.25) is 0 Å². The highest BCUT2D eigenvalue weighted by Gasteiger charge is 2.40. The van der Waals surface area contributed by atoms with Gasteiger partial charge in [0.2, 0.25) is 6.10 Å². The molecule has 3 rings (SSSR count). The number of carbonyl (C=O) groups is 1. The Kier molecular flexibility index (Phi) is 3.53. The Morgan fingerprint density at radius 2 is 2.05 bits per heavy atom. The van der Waals surface area contributed by atoms with Gasteiger partial charge in [0, 0.05) is 6.54 Å². The number of aliphatic hydroxyl groups is 1. The van der Waals surface area contributed by atoms with Gasteiger partial charge in [-0.05, 0) is 31.9 Å². The van der Waals surface area contributed by atoms with Crippen LogP contribution in [-0.4, -0.2) is 47.3 Å². The first-order chi connectivity index (χ1) is 9.70. The van der Waals surface area contributed by atoms with Crippen LogP contribution < -0.4 is 9.47 Å². The summed E-state index contributed by atoms with van der Waals surface area (Å²) in [5.74, 6) is 1.18. The topological polar surface area (TPSA) is 59.0 Å². The molecular formula is C15H19NO4. The van der Waals surface area contributed by atoms with E-state index in [9.17, 15) is 9.90 Å². The molecule has 2 aliphatic rings. The van der Waals surface area contributed by atoms with Gasteiger partial charge in [0.05, 0.1) is 12.6 Å². The van der Waals surface area contributed by atoms with Crippen molar-refractivity contribution in [3.8, 4) is 11.5 Å². The third-order valence-corrected chi connectivity index (χ3v) is 3.96. The number of para-hydroxylation sites is 2. The molecule has 1 fully saturated rings. The van der Waals surface area contributed by atoms with Gasteiger partial charge in [-0.15, -0.1) is 0 Å². The van der Waals surface area contributed by atoms with E-state index in [1.54, 1.807) is 11.0 Å². The molecular weight excluding hydrogens is 258 g/mol. The predicted molar refractivity (Wildman–Crippen MR) is 72.8 cm³/mol. The van der Waals surface area contributed by atoms with Crippen LogP contribution in [0.1, 0.15) is 19.8 Å². The van der Waals surface area contributed by atoms with Crippen LogP contribution in [0.4, 0.5) is 0 Å². The number of likely N-dealkylation sites (tertiary alicyclic amines) is 1. The van der Waals surface area contributed by atoms with E-state index >= 15 is 0 Å². The molecule has 5 heteroatoms. The van der Waals surface area contributed by atoms with Crippen molar-refractivity contribution < 1.29 is 19.4 Å². The van der Waals surface area contributed by atoms with Gasteiger partial charge >= 0.3 is 0 Å². The lowest BCUT2D eigenvalue weighted by Crippen LogP contribution is -2.52. The highest BCUT2D eigenvalue weighted by Crippen LogP contribution is 2.34. The number of nitrogens with zero attached hydrogens (tertiary/aromatic N) is 1. The Morgan fingerprint density at radius 1 is 1.35 bits per heavy atom. The summed E-state index contributed by atoms with van der Waals surface area (Å²) in [6.45, 7) is 2.52. The Bertz CT molecular complexity index is 504. The molecule has 20 heavy (non-hydrogen) atoms. The summed E-state index contributed by atoms with van der Waals surface area (Å²) < 4.78 is 11.6. The van der Waals surface area contributed by atoms with E-state index < -0.39 is 6.10 Å². The number of aliphatic hydroxyl groups excluding tert-OH is 1. The molecule has 0 bridgehead atoms. The van der Waals surface area contributed by atoms with E-state index in [0.29, 0.717) is 18.0 Å². The van der Waals surface area contributed by atoms with Crippen molar-refractivity contribution in [2.45, 2.75) is 38.0 Å². The first-order valence-electron chi connectivity index (χ1n) is 7.04. The number of carbonyl (C=O) groups excluding carboxylic acids is 1. The normalized spacial score (nSPS) is 28.5. The summed E-state index contributed by atoms with van der Waals surface area (Å²) in [4.78, 5) is 14.3. The second-order valence-electron chi connectivity index (χ2n) is 5.32. The average molecular weight is 277 g/mol. The predicted octanol–water partition coefficient (Wildman–Crippen LogP) is 1.20. The molecule has 0 aliphatic carbocycles. The fourth-order valence-corrected chi connectivity index (χ4v) is 2.87. The molecule has 1 aromatic carbocycles. The Morgan fingerprint density at radius 3 is 2.75 bits per heavy atom. The Balaban J connectivity index is 1.79. The van der Waals surface area contributed by atoms with Crippen LogP contribution in [0.25, 0.3) is 0 Å². The number of rotatable bonds is 2. The fraction of sp³-hybridized carbons (Fsp3) is 0.533. The molecule has 108 valence electrons. The van der Waals surface area contributed by atoms with Crippen LogP contribution in [0.3, 0.4) is 0 Å². The van der Waals surface area contributed by atoms with Crippen molar-refractivity contribution in [1.82, 2.24) is 4.90 Å². The van der Waals surface area contributed by atoms with Gasteiger partial charge in [0.1, 0.15) is 6.10 Å². The number of fused-ring (bicyclic) bond motifs is 1. The third kappa shape index (κ3) is 2.22. The molecule has 1 N–H and O–H groups in total. The van der Waals surface area contributed by atoms with Gasteiger partial charge in [-0.2, -0.15) is 0 Å². The average Bonchev–Trinajstić information content (AvgIpc) is 2.94. The largest absolute Gasteiger partial charge is 0.482 e. The quantitative estimate of drug-likeness (QED) is 0.882. The van der Waals surface area contributed by atoms with Gasteiger partial charge in [-0.3, -0.25) is 4.79 Å². The minimum atomic E-state index is -0.642. The maximum absolute atomic E-state index is 12.6. The summed E-state index contributed by atoms with van der Waals surface area (Å²) in [6, 6.07) is 7.27. The summed E-state index contributed by atoms with van der Waals surface area (Å²) >= 11 is 0. The highest BCUT2D eigenvalue weighted by atomic mass is 16.6. The van der Waals surface area contributed by atoms with Crippen molar-refractivity contribution in [3.05, 3.63) is 24.3 Å². The van der Waals surface area contributed by atoms with Crippen LogP contribution in [-0.2, 0) is 4.79 Å². The van der Waals surface area contributed by atoms with Crippen molar-refractivity contribution in [1.29, 1.82) is 0 Å². The van der Waals surface area contributed by atoms with E-state index in [4.69, 9.17) is 9.47 Å². The van der Waals surface area contributed by atoms with Gasteiger partial charge in [-0.25, -0.2) is 0 Å². The van der Waals surface area contributed by atoms with E-state index in [1.807, 2.05) is 25.1 Å². The molecule has 2 unspecified atom stereocenters. The summed E-state index contributed by atoms with van der Waals surface area (Å²) in [7, 11) is 0. The lowest BCUT2D eigenvalue weighted by Gasteiger charge is -2.34. The lowest BCUT2D eigenvalue weighted by molar-refractivity contribution is -0.145. The molecule has 2 aliphatic heterocycles. The van der Waals surface area contributed by atoms with Crippen LogP contribution in [0.15, 0.2) is 24.3 Å². The molecule has 0 aromatic heterocycles. The number of hydrogen-bond acceptors (Lipinski definition) is 4. The maximum atomic E-state index is 12.6. The number of benzene rings is 1. The molecule has 1 amide bonds. The van der Waals surface area contributed by atoms with Crippen molar-refractivity contribution in [2.75, 3.05) is 13.2 Å². The maximum Gasteiger partial charge on any atom is 0.267 e. The monoisotopic (exact) mass is 277 g/mol. The zero-order valence-electron chi connectivity index (χ0n) is 11.5. The minimum Gasteiger partial charge on any atom is -0.482 e. The highest BCUT2D eigenvalue weighted by molar-refractivity contribution is 5.83. The first kappa shape index (κ1) is 13.2. The minimum absolute atomic E-state index is 0.00425. The van der Waals surface area contributed by atoms with Gasteiger partial charge in [0.25, 0.3) is 5.91 Å². The summed E-state index contributed by atoms with van der Waals surface area (Å²) in [5, 5.41) is 9.34. The molecule has 0 spiro atoms. The van der Waals surface area contributed by atoms with E-state index in [-0.39, 0.29) is 24.7 Å².